The fourth-order valence-corrected chi connectivity index (χ4v) is 2.58. The molecule has 0 amide bonds. The molecule has 1 aliphatic rings. The van der Waals surface area contributed by atoms with Gasteiger partial charge in [0.25, 0.3) is 0 Å². The molecule has 0 aliphatic heterocycles. The number of halogens is 3. The van der Waals surface area contributed by atoms with Crippen LogP contribution < -0.4 is 5.32 Å². The first-order chi connectivity index (χ1) is 8.56. The highest BCUT2D eigenvalue weighted by Crippen LogP contribution is 2.25. The van der Waals surface area contributed by atoms with Crippen LogP contribution in [0.4, 0.5) is 14.5 Å². The predicted molar refractivity (Wildman–Crippen MR) is 73.0 cm³/mol. The van der Waals surface area contributed by atoms with Gasteiger partial charge in [0.15, 0.2) is 11.6 Å². The SMILES string of the molecule is C/C(=N\C1CCCC1)Nc1c(F)cc(Br)cc1F. The van der Waals surface area contributed by atoms with Gasteiger partial charge in [0.1, 0.15) is 5.69 Å². The van der Waals surface area contributed by atoms with Crippen LogP contribution in [0.15, 0.2) is 21.6 Å². The summed E-state index contributed by atoms with van der Waals surface area (Å²) in [5.41, 5.74) is -0.141. The highest BCUT2D eigenvalue weighted by atomic mass is 79.9. The van der Waals surface area contributed by atoms with Crippen LogP contribution in [-0.4, -0.2) is 11.9 Å². The monoisotopic (exact) mass is 316 g/mol. The molecule has 1 aromatic carbocycles. The van der Waals surface area contributed by atoms with Crippen molar-refractivity contribution in [3.63, 3.8) is 0 Å². The first kappa shape index (κ1) is 13.5. The first-order valence-corrected chi connectivity index (χ1v) is 6.81. The standard InChI is InChI=1S/C13H15BrF2N2/c1-8(17-10-4-2-3-5-10)18-13-11(15)6-9(14)7-12(13)16/h6-7,10H,2-5H2,1H3,(H,17,18). The molecular formula is C13H15BrF2N2. The largest absolute Gasteiger partial charge is 0.340 e. The Morgan fingerprint density at radius 1 is 1.28 bits per heavy atom. The maximum Gasteiger partial charge on any atom is 0.150 e. The summed E-state index contributed by atoms with van der Waals surface area (Å²) < 4.78 is 27.6. The van der Waals surface area contributed by atoms with Crippen molar-refractivity contribution in [3.8, 4) is 0 Å². The van der Waals surface area contributed by atoms with Crippen LogP contribution >= 0.6 is 15.9 Å². The van der Waals surface area contributed by atoms with E-state index in [0.29, 0.717) is 16.4 Å². The molecule has 0 radical (unpaired) electrons. The van der Waals surface area contributed by atoms with Crippen LogP contribution in [-0.2, 0) is 0 Å². The Morgan fingerprint density at radius 3 is 2.39 bits per heavy atom. The van der Waals surface area contributed by atoms with Crippen molar-refractivity contribution >= 4 is 27.5 Å². The van der Waals surface area contributed by atoms with Crippen molar-refractivity contribution in [1.29, 1.82) is 0 Å². The number of anilines is 1. The molecule has 0 aromatic heterocycles. The zero-order chi connectivity index (χ0) is 13.1. The second-order valence-electron chi connectivity index (χ2n) is 4.52. The van der Waals surface area contributed by atoms with Crippen molar-refractivity contribution in [2.45, 2.75) is 38.6 Å². The van der Waals surface area contributed by atoms with E-state index in [1.165, 1.54) is 25.0 Å². The lowest BCUT2D eigenvalue weighted by atomic mass is 10.2. The smallest absolute Gasteiger partial charge is 0.150 e. The number of benzene rings is 1. The average Bonchev–Trinajstić information content (AvgIpc) is 2.76. The van der Waals surface area contributed by atoms with Gasteiger partial charge in [-0.25, -0.2) is 8.78 Å². The summed E-state index contributed by atoms with van der Waals surface area (Å²) in [6.45, 7) is 1.74. The summed E-state index contributed by atoms with van der Waals surface area (Å²) in [5.74, 6) is -0.687. The number of nitrogens with zero attached hydrogens (tertiary/aromatic N) is 1. The van der Waals surface area contributed by atoms with E-state index in [1.54, 1.807) is 6.92 Å². The van der Waals surface area contributed by atoms with Crippen molar-refractivity contribution in [1.82, 2.24) is 0 Å². The predicted octanol–water partition coefficient (Wildman–Crippen LogP) is 4.50. The quantitative estimate of drug-likeness (QED) is 0.630. The van der Waals surface area contributed by atoms with Crippen molar-refractivity contribution < 1.29 is 8.78 Å². The van der Waals surface area contributed by atoms with Crippen LogP contribution in [0.2, 0.25) is 0 Å². The summed E-state index contributed by atoms with van der Waals surface area (Å²) >= 11 is 3.05. The zero-order valence-electron chi connectivity index (χ0n) is 10.1. The van der Waals surface area contributed by atoms with Gasteiger partial charge in [-0.15, -0.1) is 0 Å². The van der Waals surface area contributed by atoms with E-state index in [-0.39, 0.29) is 5.69 Å². The van der Waals surface area contributed by atoms with E-state index in [1.807, 2.05) is 0 Å². The third kappa shape index (κ3) is 3.28. The molecule has 2 rings (SSSR count). The van der Waals surface area contributed by atoms with Gasteiger partial charge in [0, 0.05) is 4.47 Å². The third-order valence-corrected chi connectivity index (χ3v) is 3.47. The molecule has 1 fully saturated rings. The highest BCUT2D eigenvalue weighted by Gasteiger charge is 2.15. The lowest BCUT2D eigenvalue weighted by Crippen LogP contribution is -2.13. The molecule has 1 N–H and O–H groups in total. The Morgan fingerprint density at radius 2 is 1.83 bits per heavy atom. The highest BCUT2D eigenvalue weighted by molar-refractivity contribution is 9.10. The lowest BCUT2D eigenvalue weighted by molar-refractivity contribution is 0.589. The fourth-order valence-electron chi connectivity index (χ4n) is 2.18. The number of hydrogen-bond acceptors (Lipinski definition) is 1. The minimum absolute atomic E-state index is 0.141. The van der Waals surface area contributed by atoms with Gasteiger partial charge in [-0.2, -0.15) is 0 Å². The van der Waals surface area contributed by atoms with Crippen LogP contribution in [0.3, 0.4) is 0 Å². The van der Waals surface area contributed by atoms with E-state index in [0.717, 1.165) is 12.8 Å². The van der Waals surface area contributed by atoms with E-state index in [2.05, 4.69) is 26.2 Å². The molecule has 0 saturated heterocycles. The average molecular weight is 317 g/mol. The molecule has 0 heterocycles. The van der Waals surface area contributed by atoms with E-state index >= 15 is 0 Å². The van der Waals surface area contributed by atoms with Crippen LogP contribution in [0, 0.1) is 11.6 Å². The third-order valence-electron chi connectivity index (χ3n) is 3.01. The van der Waals surface area contributed by atoms with Crippen LogP contribution in [0.25, 0.3) is 0 Å². The Labute approximate surface area is 114 Å². The zero-order valence-corrected chi connectivity index (χ0v) is 11.7. The normalized spacial score (nSPS) is 17.2. The molecule has 0 unspecified atom stereocenters. The van der Waals surface area contributed by atoms with E-state index in [4.69, 9.17) is 0 Å². The Balaban J connectivity index is 2.13. The molecular weight excluding hydrogens is 302 g/mol. The molecule has 0 atom stereocenters. The summed E-state index contributed by atoms with van der Waals surface area (Å²) in [6.07, 6.45) is 4.49. The Kier molecular flexibility index (Phi) is 4.32. The number of nitrogens with one attached hydrogen (secondary N) is 1. The molecule has 0 bridgehead atoms. The molecule has 1 saturated carbocycles. The summed E-state index contributed by atoms with van der Waals surface area (Å²) in [6, 6.07) is 2.75. The Hall–Kier alpha value is -0.970. The molecule has 1 aliphatic carbocycles. The number of aliphatic imine (C=N–C) groups is 1. The van der Waals surface area contributed by atoms with Crippen molar-refractivity contribution in [2.24, 2.45) is 4.99 Å². The van der Waals surface area contributed by atoms with Gasteiger partial charge in [0.05, 0.1) is 11.9 Å². The summed E-state index contributed by atoms with van der Waals surface area (Å²) in [4.78, 5) is 4.44. The maximum atomic E-state index is 13.6. The molecule has 1 aromatic rings. The number of amidine groups is 1. The van der Waals surface area contributed by atoms with Gasteiger partial charge < -0.3 is 5.32 Å². The molecule has 5 heteroatoms. The van der Waals surface area contributed by atoms with Gasteiger partial charge in [-0.3, -0.25) is 4.99 Å². The second-order valence-corrected chi connectivity index (χ2v) is 5.44. The maximum absolute atomic E-state index is 13.6. The van der Waals surface area contributed by atoms with Gasteiger partial charge in [-0.1, -0.05) is 28.8 Å². The van der Waals surface area contributed by atoms with E-state index < -0.39 is 11.6 Å². The van der Waals surface area contributed by atoms with Crippen molar-refractivity contribution in [3.05, 3.63) is 28.2 Å². The lowest BCUT2D eigenvalue weighted by Gasteiger charge is -2.11. The first-order valence-electron chi connectivity index (χ1n) is 6.02. The fraction of sp³-hybridized carbons (Fsp3) is 0.462. The topological polar surface area (TPSA) is 24.4 Å². The van der Waals surface area contributed by atoms with Gasteiger partial charge in [-0.05, 0) is 31.9 Å². The molecule has 0 spiro atoms. The second kappa shape index (κ2) is 5.78. The number of hydrogen-bond donors (Lipinski definition) is 1. The molecule has 98 valence electrons. The summed E-state index contributed by atoms with van der Waals surface area (Å²) in [5, 5.41) is 2.71. The Bertz CT molecular complexity index is 445. The van der Waals surface area contributed by atoms with Crippen LogP contribution in [0.1, 0.15) is 32.6 Å². The minimum atomic E-state index is -0.622. The van der Waals surface area contributed by atoms with Gasteiger partial charge in [0.2, 0.25) is 0 Å². The van der Waals surface area contributed by atoms with Gasteiger partial charge >= 0.3 is 0 Å². The number of rotatable bonds is 2. The van der Waals surface area contributed by atoms with Crippen LogP contribution in [0.5, 0.6) is 0 Å². The molecule has 2 nitrogen and oxygen atoms in total. The van der Waals surface area contributed by atoms with Crippen molar-refractivity contribution in [2.75, 3.05) is 5.32 Å². The van der Waals surface area contributed by atoms with E-state index in [9.17, 15) is 8.78 Å². The summed E-state index contributed by atoms with van der Waals surface area (Å²) in [7, 11) is 0. The minimum Gasteiger partial charge on any atom is -0.340 e. The molecule has 18 heavy (non-hydrogen) atoms.